The van der Waals surface area contributed by atoms with Crippen molar-refractivity contribution in [3.8, 4) is 17.2 Å². The molecule has 7 heteroatoms. The van der Waals surface area contributed by atoms with Crippen molar-refractivity contribution in [1.29, 1.82) is 0 Å². The molecule has 2 rings (SSSR count). The third-order valence-electron chi connectivity index (χ3n) is 3.67. The fourth-order valence-electron chi connectivity index (χ4n) is 2.68. The van der Waals surface area contributed by atoms with Crippen molar-refractivity contribution in [2.45, 2.75) is 19.9 Å². The van der Waals surface area contributed by atoms with Gasteiger partial charge in [-0.3, -0.25) is 4.79 Å². The Labute approximate surface area is 134 Å². The van der Waals surface area contributed by atoms with Crippen LogP contribution in [0.25, 0.3) is 0 Å². The van der Waals surface area contributed by atoms with E-state index in [4.69, 9.17) is 14.2 Å². The van der Waals surface area contributed by atoms with Gasteiger partial charge >= 0.3 is 6.03 Å². The number of carbonyl (C=O) groups excluding carboxylic acids is 2. The number of amides is 2. The Hall–Kier alpha value is -2.70. The number of allylic oxidation sites excluding steroid dienone is 1. The Morgan fingerprint density at radius 1 is 1.09 bits per heavy atom. The summed E-state index contributed by atoms with van der Waals surface area (Å²) in [4.78, 5) is 23.8. The molecule has 1 aliphatic rings. The van der Waals surface area contributed by atoms with Gasteiger partial charge in [0.25, 0.3) is 0 Å². The minimum atomic E-state index is -0.588. The third-order valence-corrected chi connectivity index (χ3v) is 3.67. The Morgan fingerprint density at radius 2 is 1.65 bits per heavy atom. The lowest BCUT2D eigenvalue weighted by Gasteiger charge is -2.28. The maximum Gasteiger partial charge on any atom is 0.319 e. The van der Waals surface area contributed by atoms with Crippen molar-refractivity contribution in [1.82, 2.24) is 10.6 Å². The monoisotopic (exact) mass is 320 g/mol. The van der Waals surface area contributed by atoms with Crippen LogP contribution in [0.4, 0.5) is 4.79 Å². The number of ether oxygens (including phenoxy) is 3. The summed E-state index contributed by atoms with van der Waals surface area (Å²) in [7, 11) is 4.53. The molecule has 7 nitrogen and oxygen atoms in total. The van der Waals surface area contributed by atoms with Crippen LogP contribution in [0.1, 0.15) is 25.5 Å². The highest BCUT2D eigenvalue weighted by molar-refractivity contribution is 5.98. The highest BCUT2D eigenvalue weighted by Gasteiger charge is 2.30. The van der Waals surface area contributed by atoms with Crippen LogP contribution >= 0.6 is 0 Å². The molecule has 0 bridgehead atoms. The zero-order valence-corrected chi connectivity index (χ0v) is 13.8. The van der Waals surface area contributed by atoms with E-state index in [-0.39, 0.29) is 11.8 Å². The van der Waals surface area contributed by atoms with Crippen LogP contribution in [0.5, 0.6) is 17.2 Å². The SMILES string of the molecule is COc1cc([C@@H]2NC(=O)NC(C)=C2C(C)=O)cc(OC)c1OC. The van der Waals surface area contributed by atoms with Crippen LogP contribution < -0.4 is 24.8 Å². The summed E-state index contributed by atoms with van der Waals surface area (Å²) < 4.78 is 15.9. The smallest absolute Gasteiger partial charge is 0.319 e. The van der Waals surface area contributed by atoms with Gasteiger partial charge in [-0.05, 0) is 31.5 Å². The second-order valence-electron chi connectivity index (χ2n) is 5.09. The van der Waals surface area contributed by atoms with E-state index in [1.165, 1.54) is 28.3 Å². The maximum atomic E-state index is 12.0. The molecule has 1 aromatic carbocycles. The van der Waals surface area contributed by atoms with Crippen LogP contribution in [-0.4, -0.2) is 33.1 Å². The molecule has 0 radical (unpaired) electrons. The first-order valence-corrected chi connectivity index (χ1v) is 7.02. The molecular weight excluding hydrogens is 300 g/mol. The van der Waals surface area contributed by atoms with E-state index in [1.54, 1.807) is 19.1 Å². The van der Waals surface area contributed by atoms with Gasteiger partial charge in [0.1, 0.15) is 0 Å². The van der Waals surface area contributed by atoms with E-state index in [2.05, 4.69) is 10.6 Å². The number of rotatable bonds is 5. The molecule has 0 aromatic heterocycles. The Balaban J connectivity index is 2.62. The lowest BCUT2D eigenvalue weighted by atomic mass is 9.92. The molecule has 23 heavy (non-hydrogen) atoms. The van der Waals surface area contributed by atoms with Crippen molar-refractivity contribution in [3.05, 3.63) is 29.0 Å². The van der Waals surface area contributed by atoms with Gasteiger partial charge in [0.15, 0.2) is 17.3 Å². The molecule has 1 atom stereocenters. The number of methoxy groups -OCH3 is 3. The van der Waals surface area contributed by atoms with E-state index in [9.17, 15) is 9.59 Å². The van der Waals surface area contributed by atoms with Crippen molar-refractivity contribution in [2.75, 3.05) is 21.3 Å². The zero-order valence-electron chi connectivity index (χ0n) is 13.8. The molecular formula is C16H20N2O5. The number of nitrogens with one attached hydrogen (secondary N) is 2. The predicted molar refractivity (Wildman–Crippen MR) is 83.9 cm³/mol. The van der Waals surface area contributed by atoms with Crippen molar-refractivity contribution >= 4 is 11.8 Å². The van der Waals surface area contributed by atoms with Gasteiger partial charge in [0, 0.05) is 11.3 Å². The number of benzene rings is 1. The summed E-state index contributed by atoms with van der Waals surface area (Å²) in [6.45, 7) is 3.16. The summed E-state index contributed by atoms with van der Waals surface area (Å²) in [5, 5.41) is 5.37. The molecule has 2 N–H and O–H groups in total. The Kier molecular flexibility index (Phi) is 4.78. The first kappa shape index (κ1) is 16.7. The van der Waals surface area contributed by atoms with Gasteiger partial charge in [0.05, 0.1) is 27.4 Å². The van der Waals surface area contributed by atoms with E-state index in [0.717, 1.165) is 0 Å². The number of hydrogen-bond donors (Lipinski definition) is 2. The maximum absolute atomic E-state index is 12.0. The van der Waals surface area contributed by atoms with Crippen LogP contribution in [0, 0.1) is 0 Å². The van der Waals surface area contributed by atoms with Crippen molar-refractivity contribution < 1.29 is 23.8 Å². The van der Waals surface area contributed by atoms with E-state index >= 15 is 0 Å². The van der Waals surface area contributed by atoms with Crippen LogP contribution in [0.15, 0.2) is 23.4 Å². The summed E-state index contributed by atoms with van der Waals surface area (Å²) >= 11 is 0. The van der Waals surface area contributed by atoms with Crippen molar-refractivity contribution in [3.63, 3.8) is 0 Å². The lowest BCUT2D eigenvalue weighted by molar-refractivity contribution is -0.114. The van der Waals surface area contributed by atoms with E-state index < -0.39 is 6.04 Å². The van der Waals surface area contributed by atoms with Gasteiger partial charge in [-0.25, -0.2) is 4.79 Å². The van der Waals surface area contributed by atoms with Crippen LogP contribution in [0.2, 0.25) is 0 Å². The number of Topliss-reactive ketones (excluding diaryl/α,β-unsaturated/α-hetero) is 1. The van der Waals surface area contributed by atoms with Crippen molar-refractivity contribution in [2.24, 2.45) is 0 Å². The van der Waals surface area contributed by atoms with Gasteiger partial charge < -0.3 is 24.8 Å². The average Bonchev–Trinajstić information content (AvgIpc) is 2.51. The topological polar surface area (TPSA) is 85.9 Å². The average molecular weight is 320 g/mol. The lowest BCUT2D eigenvalue weighted by Crippen LogP contribution is -2.44. The number of hydrogen-bond acceptors (Lipinski definition) is 5. The van der Waals surface area contributed by atoms with E-state index in [0.29, 0.717) is 34.1 Å². The molecule has 0 unspecified atom stereocenters. The molecule has 1 aromatic rings. The molecule has 1 aliphatic heterocycles. The first-order valence-electron chi connectivity index (χ1n) is 7.02. The summed E-state index contributed by atoms with van der Waals surface area (Å²) in [5.41, 5.74) is 1.68. The highest BCUT2D eigenvalue weighted by atomic mass is 16.5. The molecule has 124 valence electrons. The van der Waals surface area contributed by atoms with Crippen LogP contribution in [-0.2, 0) is 4.79 Å². The molecule has 0 saturated carbocycles. The van der Waals surface area contributed by atoms with Gasteiger partial charge in [-0.2, -0.15) is 0 Å². The normalized spacial score (nSPS) is 17.3. The number of carbonyl (C=O) groups is 2. The van der Waals surface area contributed by atoms with Gasteiger partial charge in [-0.15, -0.1) is 0 Å². The molecule has 2 amide bonds. The highest BCUT2D eigenvalue weighted by Crippen LogP contribution is 2.41. The molecule has 1 heterocycles. The summed E-state index contributed by atoms with van der Waals surface area (Å²) in [5.74, 6) is 1.23. The second-order valence-corrected chi connectivity index (χ2v) is 5.09. The first-order chi connectivity index (χ1) is 10.9. The fraction of sp³-hybridized carbons (Fsp3) is 0.375. The Bertz CT molecular complexity index is 656. The molecule has 0 fully saturated rings. The molecule has 0 saturated heterocycles. The van der Waals surface area contributed by atoms with Gasteiger partial charge in [-0.1, -0.05) is 0 Å². The Morgan fingerprint density at radius 3 is 2.09 bits per heavy atom. The quantitative estimate of drug-likeness (QED) is 0.866. The summed E-state index contributed by atoms with van der Waals surface area (Å²) in [6.07, 6.45) is 0. The number of ketones is 1. The van der Waals surface area contributed by atoms with Gasteiger partial charge in [0.2, 0.25) is 5.75 Å². The fourth-order valence-corrected chi connectivity index (χ4v) is 2.68. The minimum absolute atomic E-state index is 0.131. The largest absolute Gasteiger partial charge is 0.493 e. The third kappa shape index (κ3) is 3.08. The molecule has 0 spiro atoms. The summed E-state index contributed by atoms with van der Waals surface area (Å²) in [6, 6.07) is 2.48. The zero-order chi connectivity index (χ0) is 17.1. The number of urea groups is 1. The second kappa shape index (κ2) is 6.60. The standard InChI is InChI=1S/C16H20N2O5/c1-8-13(9(2)19)14(18-16(20)17-8)10-6-11(21-3)15(23-5)12(7-10)22-4/h6-7,14H,1-5H3,(H2,17,18,20)/t14-/m0/s1. The van der Waals surface area contributed by atoms with E-state index in [1.807, 2.05) is 0 Å². The minimum Gasteiger partial charge on any atom is -0.493 e. The molecule has 0 aliphatic carbocycles. The van der Waals surface area contributed by atoms with Crippen LogP contribution in [0.3, 0.4) is 0 Å². The predicted octanol–water partition coefficient (Wildman–Crippen LogP) is 1.93.